The minimum Gasteiger partial charge on any atom is -0.489 e. The van der Waals surface area contributed by atoms with Crippen LogP contribution in [0.2, 0.25) is 0 Å². The van der Waals surface area contributed by atoms with Crippen molar-refractivity contribution in [3.8, 4) is 23.1 Å². The first-order valence-corrected chi connectivity index (χ1v) is 8.48. The zero-order valence-corrected chi connectivity index (χ0v) is 14.4. The van der Waals surface area contributed by atoms with Crippen LogP contribution in [0, 0.1) is 11.3 Å². The summed E-state index contributed by atoms with van der Waals surface area (Å²) in [6.45, 7) is 0.386. The summed E-state index contributed by atoms with van der Waals surface area (Å²) in [5.74, 6) is 1.18. The summed E-state index contributed by atoms with van der Waals surface area (Å²) in [5.41, 5.74) is 2.85. The monoisotopic (exact) mass is 353 g/mol. The average Bonchev–Trinajstić information content (AvgIpc) is 2.73. The fraction of sp³-hybridized carbons (Fsp3) is 0.0435. The molecule has 4 nitrogen and oxygen atoms in total. The Morgan fingerprint density at radius 3 is 2.56 bits per heavy atom. The van der Waals surface area contributed by atoms with Crippen LogP contribution in [0.5, 0.6) is 5.75 Å². The maximum Gasteiger partial charge on any atom is 0.193 e. The highest BCUT2D eigenvalue weighted by Crippen LogP contribution is 2.26. The molecular formula is C23H15NO3. The minimum absolute atomic E-state index is 0.0734. The van der Waals surface area contributed by atoms with Crippen molar-refractivity contribution in [2.45, 2.75) is 6.61 Å². The quantitative estimate of drug-likeness (QED) is 0.523. The predicted molar refractivity (Wildman–Crippen MR) is 103 cm³/mol. The molecule has 4 rings (SSSR count). The Kier molecular flexibility index (Phi) is 4.42. The van der Waals surface area contributed by atoms with Gasteiger partial charge in [-0.05, 0) is 42.0 Å². The topological polar surface area (TPSA) is 63.2 Å². The van der Waals surface area contributed by atoms with Gasteiger partial charge in [0.1, 0.15) is 23.7 Å². The molecule has 4 aromatic rings. The summed E-state index contributed by atoms with van der Waals surface area (Å²) < 4.78 is 11.7. The van der Waals surface area contributed by atoms with Crippen molar-refractivity contribution in [3.63, 3.8) is 0 Å². The second-order valence-electron chi connectivity index (χ2n) is 6.10. The first kappa shape index (κ1) is 16.6. The van der Waals surface area contributed by atoms with Gasteiger partial charge in [-0.15, -0.1) is 0 Å². The SMILES string of the molecule is N#Cc1ccc(COc2cccc(-c3cc(=O)c4ccccc4o3)c2)cc1. The van der Waals surface area contributed by atoms with E-state index in [0.717, 1.165) is 11.1 Å². The summed E-state index contributed by atoms with van der Waals surface area (Å²) in [6.07, 6.45) is 0. The van der Waals surface area contributed by atoms with Crippen LogP contribution in [0.3, 0.4) is 0 Å². The van der Waals surface area contributed by atoms with Crippen LogP contribution in [-0.4, -0.2) is 0 Å². The molecule has 0 unspecified atom stereocenters. The van der Waals surface area contributed by atoms with Crippen LogP contribution in [0.15, 0.2) is 88.1 Å². The first-order chi connectivity index (χ1) is 13.2. The summed E-state index contributed by atoms with van der Waals surface area (Å²) in [7, 11) is 0. The van der Waals surface area contributed by atoms with Crippen molar-refractivity contribution in [1.82, 2.24) is 0 Å². The van der Waals surface area contributed by atoms with Gasteiger partial charge >= 0.3 is 0 Å². The molecule has 0 aliphatic heterocycles. The van der Waals surface area contributed by atoms with E-state index in [1.807, 2.05) is 48.5 Å². The van der Waals surface area contributed by atoms with Crippen LogP contribution >= 0.6 is 0 Å². The zero-order valence-electron chi connectivity index (χ0n) is 14.4. The van der Waals surface area contributed by atoms with Crippen molar-refractivity contribution in [2.75, 3.05) is 0 Å². The van der Waals surface area contributed by atoms with Crippen molar-refractivity contribution in [1.29, 1.82) is 5.26 Å². The highest BCUT2D eigenvalue weighted by atomic mass is 16.5. The molecule has 0 amide bonds. The third kappa shape index (κ3) is 3.58. The van der Waals surface area contributed by atoms with Gasteiger partial charge < -0.3 is 9.15 Å². The molecule has 4 heteroatoms. The number of nitrogens with zero attached hydrogens (tertiary/aromatic N) is 1. The third-order valence-corrected chi connectivity index (χ3v) is 4.24. The van der Waals surface area contributed by atoms with Crippen molar-refractivity contribution < 1.29 is 9.15 Å². The lowest BCUT2D eigenvalue weighted by molar-refractivity contribution is 0.306. The van der Waals surface area contributed by atoms with E-state index in [4.69, 9.17) is 14.4 Å². The molecule has 27 heavy (non-hydrogen) atoms. The molecule has 0 N–H and O–H groups in total. The molecule has 0 aliphatic carbocycles. The van der Waals surface area contributed by atoms with Crippen LogP contribution in [0.4, 0.5) is 0 Å². The molecule has 1 aromatic heterocycles. The molecule has 0 spiro atoms. The molecule has 0 saturated carbocycles. The molecule has 3 aromatic carbocycles. The highest BCUT2D eigenvalue weighted by Gasteiger charge is 2.07. The van der Waals surface area contributed by atoms with E-state index >= 15 is 0 Å². The Bertz CT molecular complexity index is 1200. The Hall–Kier alpha value is -3.84. The molecular weight excluding hydrogens is 338 g/mol. The third-order valence-electron chi connectivity index (χ3n) is 4.24. The zero-order chi connectivity index (χ0) is 18.6. The van der Waals surface area contributed by atoms with E-state index in [2.05, 4.69) is 6.07 Å². The Balaban J connectivity index is 1.59. The van der Waals surface area contributed by atoms with E-state index in [1.54, 1.807) is 24.3 Å². The van der Waals surface area contributed by atoms with Gasteiger partial charge in [0.2, 0.25) is 0 Å². The second-order valence-corrected chi connectivity index (χ2v) is 6.10. The van der Waals surface area contributed by atoms with Gasteiger partial charge in [0, 0.05) is 11.6 Å². The number of benzene rings is 3. The Morgan fingerprint density at radius 2 is 1.74 bits per heavy atom. The molecule has 0 atom stereocenters. The molecule has 0 bridgehead atoms. The number of nitriles is 1. The van der Waals surface area contributed by atoms with Crippen molar-refractivity contribution in [2.24, 2.45) is 0 Å². The fourth-order valence-corrected chi connectivity index (χ4v) is 2.83. The number of hydrogen-bond acceptors (Lipinski definition) is 4. The number of rotatable bonds is 4. The maximum atomic E-state index is 12.3. The normalized spacial score (nSPS) is 10.5. The largest absolute Gasteiger partial charge is 0.489 e. The summed E-state index contributed by atoms with van der Waals surface area (Å²) in [4.78, 5) is 12.3. The first-order valence-electron chi connectivity index (χ1n) is 8.48. The van der Waals surface area contributed by atoms with Gasteiger partial charge in [-0.1, -0.05) is 36.4 Å². The van der Waals surface area contributed by atoms with Gasteiger partial charge in [-0.25, -0.2) is 0 Å². The van der Waals surface area contributed by atoms with Crippen LogP contribution in [0.1, 0.15) is 11.1 Å². The van der Waals surface area contributed by atoms with E-state index in [9.17, 15) is 4.79 Å². The molecule has 0 fully saturated rings. The van der Waals surface area contributed by atoms with E-state index < -0.39 is 0 Å². The number of ether oxygens (including phenoxy) is 1. The lowest BCUT2D eigenvalue weighted by Crippen LogP contribution is -2.00. The smallest absolute Gasteiger partial charge is 0.193 e. The lowest BCUT2D eigenvalue weighted by atomic mass is 10.1. The number of hydrogen-bond donors (Lipinski definition) is 0. The predicted octanol–water partition coefficient (Wildman–Crippen LogP) is 4.91. The number of para-hydroxylation sites is 1. The van der Waals surface area contributed by atoms with E-state index in [0.29, 0.717) is 34.6 Å². The molecule has 0 radical (unpaired) electrons. The highest BCUT2D eigenvalue weighted by molar-refractivity contribution is 5.78. The van der Waals surface area contributed by atoms with Crippen LogP contribution in [0.25, 0.3) is 22.3 Å². The van der Waals surface area contributed by atoms with Crippen LogP contribution in [-0.2, 0) is 6.61 Å². The molecule has 1 heterocycles. The second kappa shape index (κ2) is 7.19. The van der Waals surface area contributed by atoms with Crippen molar-refractivity contribution >= 4 is 11.0 Å². The minimum atomic E-state index is -0.0734. The van der Waals surface area contributed by atoms with Crippen LogP contribution < -0.4 is 10.2 Å². The van der Waals surface area contributed by atoms with Crippen molar-refractivity contribution in [3.05, 3.63) is 100 Å². The number of fused-ring (bicyclic) bond motifs is 1. The van der Waals surface area contributed by atoms with Gasteiger partial charge in [0.05, 0.1) is 17.0 Å². The Labute approximate surface area is 155 Å². The molecule has 130 valence electrons. The average molecular weight is 353 g/mol. The van der Waals surface area contributed by atoms with Gasteiger partial charge in [-0.3, -0.25) is 4.79 Å². The maximum absolute atomic E-state index is 12.3. The van der Waals surface area contributed by atoms with E-state index in [1.165, 1.54) is 6.07 Å². The van der Waals surface area contributed by atoms with E-state index in [-0.39, 0.29) is 5.43 Å². The lowest BCUT2D eigenvalue weighted by Gasteiger charge is -2.08. The van der Waals surface area contributed by atoms with Gasteiger partial charge in [0.25, 0.3) is 0 Å². The Morgan fingerprint density at radius 1 is 0.926 bits per heavy atom. The molecule has 0 aliphatic rings. The summed E-state index contributed by atoms with van der Waals surface area (Å²) in [5, 5.41) is 9.41. The fourth-order valence-electron chi connectivity index (χ4n) is 2.83. The molecule has 0 saturated heterocycles. The summed E-state index contributed by atoms with van der Waals surface area (Å²) in [6, 6.07) is 25.5. The van der Waals surface area contributed by atoms with Gasteiger partial charge in [-0.2, -0.15) is 5.26 Å². The summed E-state index contributed by atoms with van der Waals surface area (Å²) >= 11 is 0. The standard InChI is InChI=1S/C23H15NO3/c24-14-16-8-10-17(11-9-16)15-26-19-5-3-4-18(12-19)23-13-21(25)20-6-1-2-7-22(20)27-23/h1-13H,15H2. The van der Waals surface area contributed by atoms with Gasteiger partial charge in [0.15, 0.2) is 5.43 Å².